The number of rotatable bonds is 1. The van der Waals surface area contributed by atoms with Gasteiger partial charge in [-0.15, -0.1) is 11.3 Å². The molecule has 0 aliphatic carbocycles. The number of thiophene rings is 1. The van der Waals surface area contributed by atoms with Crippen molar-refractivity contribution in [3.05, 3.63) is 16.0 Å². The standard InChI is InChI=1S/C13H16N2O2S/c1-8(16)15(4)12-10(6-14)9-5-13(2,3)17-7-11(9)18-12/h5,7H2,1-4H3. The van der Waals surface area contributed by atoms with E-state index >= 15 is 0 Å². The fourth-order valence-electron chi connectivity index (χ4n) is 2.03. The van der Waals surface area contributed by atoms with Crippen molar-refractivity contribution in [3.63, 3.8) is 0 Å². The van der Waals surface area contributed by atoms with E-state index in [1.165, 1.54) is 23.2 Å². The molecular weight excluding hydrogens is 248 g/mol. The maximum Gasteiger partial charge on any atom is 0.224 e. The van der Waals surface area contributed by atoms with E-state index in [0.717, 1.165) is 15.4 Å². The summed E-state index contributed by atoms with van der Waals surface area (Å²) in [6.45, 7) is 6.06. The fraction of sp³-hybridized carbons (Fsp3) is 0.538. The number of carbonyl (C=O) groups excluding carboxylic acids is 1. The number of fused-ring (bicyclic) bond motifs is 1. The molecule has 0 bridgehead atoms. The molecule has 0 unspecified atom stereocenters. The summed E-state index contributed by atoms with van der Waals surface area (Å²) >= 11 is 1.48. The summed E-state index contributed by atoms with van der Waals surface area (Å²) in [5.41, 5.74) is 1.43. The number of nitriles is 1. The van der Waals surface area contributed by atoms with Crippen LogP contribution in [0.15, 0.2) is 0 Å². The molecule has 0 fully saturated rings. The minimum atomic E-state index is -0.244. The topological polar surface area (TPSA) is 53.3 Å². The van der Waals surface area contributed by atoms with Crippen LogP contribution in [0.25, 0.3) is 0 Å². The predicted molar refractivity (Wildman–Crippen MR) is 70.7 cm³/mol. The zero-order valence-electron chi connectivity index (χ0n) is 11.0. The summed E-state index contributed by atoms with van der Waals surface area (Å²) < 4.78 is 5.74. The van der Waals surface area contributed by atoms with Crippen LogP contribution in [0.5, 0.6) is 0 Å². The van der Waals surface area contributed by atoms with Gasteiger partial charge in [-0.1, -0.05) is 0 Å². The van der Waals surface area contributed by atoms with Gasteiger partial charge in [-0.2, -0.15) is 5.26 Å². The molecule has 0 aromatic carbocycles. The Bertz CT molecular complexity index is 540. The molecule has 2 heterocycles. The zero-order valence-corrected chi connectivity index (χ0v) is 11.8. The Hall–Kier alpha value is -1.38. The van der Waals surface area contributed by atoms with Gasteiger partial charge >= 0.3 is 0 Å². The first-order valence-corrected chi connectivity index (χ1v) is 6.60. The van der Waals surface area contributed by atoms with E-state index in [4.69, 9.17) is 4.74 Å². The second kappa shape index (κ2) is 4.38. The quantitative estimate of drug-likeness (QED) is 0.783. The maximum absolute atomic E-state index is 11.4. The molecule has 0 saturated carbocycles. The van der Waals surface area contributed by atoms with Crippen LogP contribution in [0.1, 0.15) is 36.8 Å². The van der Waals surface area contributed by atoms with Crippen molar-refractivity contribution in [1.29, 1.82) is 5.26 Å². The zero-order chi connectivity index (χ0) is 13.5. The molecule has 0 radical (unpaired) electrons. The van der Waals surface area contributed by atoms with Gasteiger partial charge in [0.05, 0.1) is 17.8 Å². The number of nitrogens with zero attached hydrogens (tertiary/aromatic N) is 2. The summed E-state index contributed by atoms with van der Waals surface area (Å²) in [5.74, 6) is -0.0646. The number of hydrogen-bond acceptors (Lipinski definition) is 4. The first-order valence-electron chi connectivity index (χ1n) is 5.78. The molecule has 1 amide bonds. The molecule has 18 heavy (non-hydrogen) atoms. The molecule has 1 aliphatic rings. The van der Waals surface area contributed by atoms with E-state index in [-0.39, 0.29) is 11.5 Å². The largest absolute Gasteiger partial charge is 0.370 e. The normalized spacial score (nSPS) is 16.8. The van der Waals surface area contributed by atoms with Crippen LogP contribution >= 0.6 is 11.3 Å². The van der Waals surface area contributed by atoms with Gasteiger partial charge in [-0.25, -0.2) is 0 Å². The Kier molecular flexibility index (Phi) is 3.18. The van der Waals surface area contributed by atoms with Gasteiger partial charge in [0, 0.05) is 25.3 Å². The minimum Gasteiger partial charge on any atom is -0.370 e. The van der Waals surface area contributed by atoms with Gasteiger partial charge in [0.1, 0.15) is 11.1 Å². The summed E-state index contributed by atoms with van der Waals surface area (Å²) in [5, 5.41) is 10.1. The molecule has 0 atom stereocenters. The van der Waals surface area contributed by atoms with E-state index in [1.54, 1.807) is 7.05 Å². The highest BCUT2D eigenvalue weighted by molar-refractivity contribution is 7.16. The maximum atomic E-state index is 11.4. The third kappa shape index (κ3) is 2.14. The van der Waals surface area contributed by atoms with Crippen molar-refractivity contribution >= 4 is 22.2 Å². The molecule has 0 N–H and O–H groups in total. The minimum absolute atomic E-state index is 0.0646. The Balaban J connectivity index is 2.51. The van der Waals surface area contributed by atoms with Crippen LogP contribution in [-0.4, -0.2) is 18.6 Å². The molecular formula is C13H16N2O2S. The molecule has 1 aliphatic heterocycles. The van der Waals surface area contributed by atoms with Gasteiger partial charge in [-0.05, 0) is 19.4 Å². The number of carbonyl (C=O) groups is 1. The van der Waals surface area contributed by atoms with E-state index in [9.17, 15) is 10.1 Å². The van der Waals surface area contributed by atoms with Gasteiger partial charge < -0.3 is 9.64 Å². The van der Waals surface area contributed by atoms with Gasteiger partial charge in [0.25, 0.3) is 0 Å². The van der Waals surface area contributed by atoms with E-state index in [1.807, 2.05) is 13.8 Å². The predicted octanol–water partition coefficient (Wildman–Crippen LogP) is 2.45. The first-order chi connectivity index (χ1) is 8.35. The van der Waals surface area contributed by atoms with Crippen LogP contribution in [0.3, 0.4) is 0 Å². The van der Waals surface area contributed by atoms with Crippen molar-refractivity contribution in [1.82, 2.24) is 0 Å². The fourth-order valence-corrected chi connectivity index (χ4v) is 3.22. The lowest BCUT2D eigenvalue weighted by Gasteiger charge is -2.29. The van der Waals surface area contributed by atoms with Crippen LogP contribution in [0.2, 0.25) is 0 Å². The summed E-state index contributed by atoms with van der Waals surface area (Å²) in [7, 11) is 1.70. The van der Waals surface area contributed by atoms with Crippen LogP contribution < -0.4 is 4.90 Å². The van der Waals surface area contributed by atoms with Crippen molar-refractivity contribution < 1.29 is 9.53 Å². The molecule has 96 valence electrons. The number of anilines is 1. The lowest BCUT2D eigenvalue weighted by atomic mass is 9.93. The molecule has 0 saturated heterocycles. The number of amides is 1. The average Bonchev–Trinajstić information content (AvgIpc) is 2.63. The highest BCUT2D eigenvalue weighted by atomic mass is 32.1. The van der Waals surface area contributed by atoms with Crippen molar-refractivity contribution in [2.24, 2.45) is 0 Å². The van der Waals surface area contributed by atoms with Crippen molar-refractivity contribution in [2.75, 3.05) is 11.9 Å². The van der Waals surface area contributed by atoms with Gasteiger partial charge in [0.15, 0.2) is 0 Å². The van der Waals surface area contributed by atoms with Crippen LogP contribution in [-0.2, 0) is 22.6 Å². The molecule has 2 rings (SSSR count). The highest BCUT2D eigenvalue weighted by Gasteiger charge is 2.32. The smallest absolute Gasteiger partial charge is 0.224 e. The average molecular weight is 264 g/mol. The van der Waals surface area contributed by atoms with Crippen LogP contribution in [0, 0.1) is 11.3 Å². The highest BCUT2D eigenvalue weighted by Crippen LogP contribution is 2.41. The Morgan fingerprint density at radius 1 is 1.56 bits per heavy atom. The molecule has 1 aromatic heterocycles. The Labute approximate surface area is 111 Å². The third-order valence-electron chi connectivity index (χ3n) is 3.16. The lowest BCUT2D eigenvalue weighted by molar-refractivity contribution is -0.116. The number of hydrogen-bond donors (Lipinski definition) is 0. The second-order valence-electron chi connectivity index (χ2n) is 5.10. The van der Waals surface area contributed by atoms with E-state index < -0.39 is 0 Å². The summed E-state index contributed by atoms with van der Waals surface area (Å²) in [4.78, 5) is 14.0. The van der Waals surface area contributed by atoms with E-state index in [2.05, 4.69) is 6.07 Å². The first kappa shape index (κ1) is 13.1. The lowest BCUT2D eigenvalue weighted by Crippen LogP contribution is -2.31. The summed E-state index contributed by atoms with van der Waals surface area (Å²) in [6.07, 6.45) is 0.716. The Morgan fingerprint density at radius 2 is 2.22 bits per heavy atom. The SMILES string of the molecule is CC(=O)N(C)c1sc2c(c1C#N)CC(C)(C)OC2. The summed E-state index contributed by atoms with van der Waals surface area (Å²) in [6, 6.07) is 2.24. The molecule has 4 nitrogen and oxygen atoms in total. The van der Waals surface area contributed by atoms with Gasteiger partial charge in [-0.3, -0.25) is 4.79 Å². The van der Waals surface area contributed by atoms with Crippen molar-refractivity contribution in [3.8, 4) is 6.07 Å². The molecule has 5 heteroatoms. The number of ether oxygens (including phenoxy) is 1. The van der Waals surface area contributed by atoms with Gasteiger partial charge in [0.2, 0.25) is 5.91 Å². The monoisotopic (exact) mass is 264 g/mol. The molecule has 1 aromatic rings. The Morgan fingerprint density at radius 3 is 2.78 bits per heavy atom. The molecule has 0 spiro atoms. The van der Waals surface area contributed by atoms with E-state index in [0.29, 0.717) is 18.6 Å². The van der Waals surface area contributed by atoms with Crippen molar-refractivity contribution in [2.45, 2.75) is 39.4 Å². The van der Waals surface area contributed by atoms with Crippen LogP contribution in [0.4, 0.5) is 5.00 Å². The second-order valence-corrected chi connectivity index (χ2v) is 6.18. The third-order valence-corrected chi connectivity index (χ3v) is 4.44.